The summed E-state index contributed by atoms with van der Waals surface area (Å²) >= 11 is 0. The van der Waals surface area contributed by atoms with Crippen LogP contribution in [0.15, 0.2) is 24.3 Å². The molecule has 0 saturated heterocycles. The zero-order valence-corrected chi connectivity index (χ0v) is 11.6. The van der Waals surface area contributed by atoms with Crippen molar-refractivity contribution >= 4 is 0 Å². The molecule has 0 saturated carbocycles. The van der Waals surface area contributed by atoms with E-state index in [-0.39, 0.29) is 5.75 Å². The average molecular weight is 309 g/mol. The number of nitrogens with two attached hydrogens (primary N) is 1. The van der Waals surface area contributed by atoms with Crippen LogP contribution in [0.1, 0.15) is 37.8 Å². The summed E-state index contributed by atoms with van der Waals surface area (Å²) in [6, 6.07) is 4.32. The molecular weight excluding hydrogens is 290 g/mol. The molecule has 0 aromatic heterocycles. The van der Waals surface area contributed by atoms with Crippen LogP contribution in [0.25, 0.3) is 0 Å². The highest BCUT2D eigenvalue weighted by atomic mass is 19.3. The van der Waals surface area contributed by atoms with Crippen LogP contribution >= 0.6 is 0 Å². The Kier molecular flexibility index (Phi) is 6.42. The fourth-order valence-electron chi connectivity index (χ4n) is 1.77. The van der Waals surface area contributed by atoms with E-state index in [9.17, 15) is 22.7 Å². The third-order valence-corrected chi connectivity index (χ3v) is 3.04. The third-order valence-electron chi connectivity index (χ3n) is 3.04. The van der Waals surface area contributed by atoms with Gasteiger partial charge in [0.25, 0.3) is 0 Å². The number of ether oxygens (including phenoxy) is 1. The van der Waals surface area contributed by atoms with E-state index in [0.717, 1.165) is 25.0 Å². The lowest BCUT2D eigenvalue weighted by molar-refractivity contribution is -0.253. The van der Waals surface area contributed by atoms with Crippen molar-refractivity contribution in [3.63, 3.8) is 0 Å². The Morgan fingerprint density at radius 3 is 2.29 bits per heavy atom. The van der Waals surface area contributed by atoms with Crippen molar-refractivity contribution in [1.82, 2.24) is 0 Å². The Bertz CT molecular complexity index is 425. The first-order valence-corrected chi connectivity index (χ1v) is 6.66. The lowest BCUT2D eigenvalue weighted by Crippen LogP contribution is -2.33. The lowest BCUT2D eigenvalue weighted by atomic mass is 9.98. The van der Waals surface area contributed by atoms with Gasteiger partial charge >= 0.3 is 12.5 Å². The molecule has 1 aromatic rings. The minimum absolute atomic E-state index is 0.390. The third kappa shape index (κ3) is 5.17. The summed E-state index contributed by atoms with van der Waals surface area (Å²) in [6.45, 7) is 1.98. The van der Waals surface area contributed by atoms with E-state index in [1.165, 1.54) is 12.1 Å². The summed E-state index contributed by atoms with van der Waals surface area (Å²) in [5, 5.41) is 9.86. The molecule has 3 N–H and O–H groups in total. The Balaban J connectivity index is 2.69. The first-order chi connectivity index (χ1) is 9.77. The highest BCUT2D eigenvalue weighted by Crippen LogP contribution is 2.28. The first kappa shape index (κ1) is 17.7. The van der Waals surface area contributed by atoms with Crippen molar-refractivity contribution in [3.8, 4) is 5.75 Å². The maximum absolute atomic E-state index is 12.7. The van der Waals surface area contributed by atoms with Crippen molar-refractivity contribution in [2.45, 2.75) is 50.9 Å². The van der Waals surface area contributed by atoms with Gasteiger partial charge in [-0.1, -0.05) is 31.9 Å². The predicted octanol–water partition coefficient (Wildman–Crippen LogP) is 3.47. The van der Waals surface area contributed by atoms with Crippen LogP contribution in [0, 0.1) is 0 Å². The standard InChI is InChI=1S/C14H19F4NO2/c1-2-3-4-11(20)12(19)9-5-7-10(8-6-9)21-14(17,18)13(15)16/h5-8,11-13,20H,2-4,19H2,1H3/t11-,12+/m1/s1. The molecule has 0 amide bonds. The van der Waals surface area contributed by atoms with Crippen molar-refractivity contribution in [2.75, 3.05) is 0 Å². The second-order valence-electron chi connectivity index (χ2n) is 4.77. The molecular formula is C14H19F4NO2. The van der Waals surface area contributed by atoms with Crippen molar-refractivity contribution in [1.29, 1.82) is 0 Å². The molecule has 0 radical (unpaired) electrons. The second kappa shape index (κ2) is 7.61. The van der Waals surface area contributed by atoms with Gasteiger partial charge in [0.2, 0.25) is 0 Å². The monoisotopic (exact) mass is 309 g/mol. The Morgan fingerprint density at radius 2 is 1.81 bits per heavy atom. The summed E-state index contributed by atoms with van der Waals surface area (Å²) in [7, 11) is 0. The van der Waals surface area contributed by atoms with Gasteiger partial charge in [0.1, 0.15) is 5.75 Å². The Hall–Kier alpha value is -1.34. The molecule has 0 unspecified atom stereocenters. The van der Waals surface area contributed by atoms with E-state index in [2.05, 4.69) is 4.74 Å². The number of alkyl halides is 4. The Labute approximate surface area is 120 Å². The van der Waals surface area contributed by atoms with Gasteiger partial charge in [-0.05, 0) is 24.1 Å². The molecule has 1 rings (SSSR count). The van der Waals surface area contributed by atoms with E-state index in [1.54, 1.807) is 0 Å². The molecule has 1 aromatic carbocycles. The van der Waals surface area contributed by atoms with Crippen molar-refractivity contribution < 1.29 is 27.4 Å². The maximum atomic E-state index is 12.7. The molecule has 0 bridgehead atoms. The number of rotatable bonds is 8. The number of aliphatic hydroxyl groups excluding tert-OH is 1. The molecule has 0 aliphatic carbocycles. The van der Waals surface area contributed by atoms with Gasteiger partial charge in [-0.3, -0.25) is 0 Å². The highest BCUT2D eigenvalue weighted by molar-refractivity contribution is 5.29. The normalized spacial score (nSPS) is 15.0. The average Bonchev–Trinajstić information content (AvgIpc) is 2.44. The van der Waals surface area contributed by atoms with Crippen LogP contribution < -0.4 is 10.5 Å². The van der Waals surface area contributed by atoms with Gasteiger partial charge in [-0.2, -0.15) is 17.6 Å². The topological polar surface area (TPSA) is 55.5 Å². The molecule has 0 aliphatic heterocycles. The van der Waals surface area contributed by atoms with Gasteiger partial charge in [0.15, 0.2) is 0 Å². The van der Waals surface area contributed by atoms with E-state index < -0.39 is 24.7 Å². The number of aliphatic hydroxyl groups is 1. The van der Waals surface area contributed by atoms with E-state index >= 15 is 0 Å². The fraction of sp³-hybridized carbons (Fsp3) is 0.571. The van der Waals surface area contributed by atoms with E-state index in [4.69, 9.17) is 5.73 Å². The van der Waals surface area contributed by atoms with Gasteiger partial charge < -0.3 is 15.6 Å². The quantitative estimate of drug-likeness (QED) is 0.723. The number of hydrogen-bond donors (Lipinski definition) is 2. The van der Waals surface area contributed by atoms with Crippen LogP contribution in [-0.4, -0.2) is 23.7 Å². The summed E-state index contributed by atoms with van der Waals surface area (Å²) < 4.78 is 53.4. The number of benzene rings is 1. The lowest BCUT2D eigenvalue weighted by Gasteiger charge is -2.20. The minimum atomic E-state index is -4.54. The van der Waals surface area contributed by atoms with E-state index in [0.29, 0.717) is 12.0 Å². The number of hydrogen-bond acceptors (Lipinski definition) is 3. The molecule has 120 valence electrons. The van der Waals surface area contributed by atoms with Gasteiger partial charge in [-0.15, -0.1) is 0 Å². The molecule has 0 spiro atoms. The van der Waals surface area contributed by atoms with Gasteiger partial charge in [-0.25, -0.2) is 0 Å². The zero-order chi connectivity index (χ0) is 16.0. The summed E-state index contributed by atoms with van der Waals surface area (Å²) in [5.41, 5.74) is 6.37. The summed E-state index contributed by atoms with van der Waals surface area (Å²) in [6.07, 6.45) is -6.94. The predicted molar refractivity (Wildman–Crippen MR) is 70.5 cm³/mol. The molecule has 2 atom stereocenters. The largest absolute Gasteiger partial charge is 0.461 e. The first-order valence-electron chi connectivity index (χ1n) is 6.66. The summed E-state index contributed by atoms with van der Waals surface area (Å²) in [5.74, 6) is -0.390. The molecule has 0 aliphatic rings. The molecule has 7 heteroatoms. The SMILES string of the molecule is CCCC[C@@H](O)[C@@H](N)c1ccc(OC(F)(F)C(F)F)cc1. The van der Waals surface area contributed by atoms with Gasteiger partial charge in [0, 0.05) is 0 Å². The zero-order valence-electron chi connectivity index (χ0n) is 11.6. The van der Waals surface area contributed by atoms with Crippen LogP contribution in [0.4, 0.5) is 17.6 Å². The Morgan fingerprint density at radius 1 is 1.24 bits per heavy atom. The second-order valence-corrected chi connectivity index (χ2v) is 4.77. The van der Waals surface area contributed by atoms with Crippen LogP contribution in [-0.2, 0) is 0 Å². The van der Waals surface area contributed by atoms with Crippen LogP contribution in [0.5, 0.6) is 5.75 Å². The minimum Gasteiger partial charge on any atom is -0.428 e. The van der Waals surface area contributed by atoms with Crippen LogP contribution in [0.2, 0.25) is 0 Å². The molecule has 0 heterocycles. The maximum Gasteiger partial charge on any atom is 0.461 e. The smallest absolute Gasteiger partial charge is 0.428 e. The number of halogens is 4. The van der Waals surface area contributed by atoms with Crippen molar-refractivity contribution in [3.05, 3.63) is 29.8 Å². The fourth-order valence-corrected chi connectivity index (χ4v) is 1.77. The van der Waals surface area contributed by atoms with Crippen molar-refractivity contribution in [2.24, 2.45) is 5.73 Å². The van der Waals surface area contributed by atoms with Gasteiger partial charge in [0.05, 0.1) is 12.1 Å². The molecule has 3 nitrogen and oxygen atoms in total. The van der Waals surface area contributed by atoms with E-state index in [1.807, 2.05) is 6.92 Å². The number of unbranched alkanes of at least 4 members (excludes halogenated alkanes) is 1. The molecule has 0 fully saturated rings. The highest BCUT2D eigenvalue weighted by Gasteiger charge is 2.43. The van der Waals surface area contributed by atoms with Crippen LogP contribution in [0.3, 0.4) is 0 Å². The molecule has 21 heavy (non-hydrogen) atoms. The summed E-state index contributed by atoms with van der Waals surface area (Å²) in [4.78, 5) is 0.